The van der Waals surface area contributed by atoms with E-state index in [-0.39, 0.29) is 5.78 Å². The Morgan fingerprint density at radius 3 is 2.05 bits per heavy atom. The smallest absolute Gasteiger partial charge is 0.196 e. The van der Waals surface area contributed by atoms with Gasteiger partial charge in [-0.25, -0.2) is 0 Å². The van der Waals surface area contributed by atoms with Crippen LogP contribution in [-0.2, 0) is 7.05 Å². The highest BCUT2D eigenvalue weighted by Crippen LogP contribution is 2.24. The van der Waals surface area contributed by atoms with Crippen LogP contribution in [0.2, 0.25) is 0 Å². The summed E-state index contributed by atoms with van der Waals surface area (Å²) in [6.07, 6.45) is 1.79. The van der Waals surface area contributed by atoms with E-state index in [9.17, 15) is 4.79 Å². The van der Waals surface area contributed by atoms with E-state index in [0.717, 1.165) is 16.8 Å². The fraction of sp³-hybridized carbons (Fsp3) is 0.158. The fourth-order valence-corrected chi connectivity index (χ4v) is 2.44. The summed E-state index contributed by atoms with van der Waals surface area (Å²) in [6, 6.07) is 15.7. The normalized spacial score (nSPS) is 10.7. The molecule has 0 aliphatic heterocycles. The molecule has 0 N–H and O–H groups in total. The van der Waals surface area contributed by atoms with Gasteiger partial charge in [0.1, 0.15) is 5.69 Å². The molecule has 22 heavy (non-hydrogen) atoms. The van der Waals surface area contributed by atoms with Crippen molar-refractivity contribution in [3.63, 3.8) is 0 Å². The highest BCUT2D eigenvalue weighted by molar-refractivity contribution is 6.12. The summed E-state index contributed by atoms with van der Waals surface area (Å²) >= 11 is 0. The van der Waals surface area contributed by atoms with E-state index >= 15 is 0 Å². The molecule has 1 heterocycles. The quantitative estimate of drug-likeness (QED) is 0.685. The van der Waals surface area contributed by atoms with Gasteiger partial charge in [0.25, 0.3) is 0 Å². The Balaban J connectivity index is 2.06. The van der Waals surface area contributed by atoms with Gasteiger partial charge in [-0.15, -0.1) is 0 Å². The zero-order valence-corrected chi connectivity index (χ0v) is 13.0. The third-order valence-corrected chi connectivity index (χ3v) is 3.71. The van der Waals surface area contributed by atoms with Crippen LogP contribution in [0.4, 0.5) is 0 Å². The van der Waals surface area contributed by atoms with E-state index in [0.29, 0.717) is 11.1 Å². The molecule has 0 amide bonds. The number of hydrogen-bond donors (Lipinski definition) is 0. The second-order valence-electron chi connectivity index (χ2n) is 5.63. The first-order valence-electron chi connectivity index (χ1n) is 7.26. The van der Waals surface area contributed by atoms with Crippen molar-refractivity contribution in [3.8, 4) is 11.3 Å². The van der Waals surface area contributed by atoms with Gasteiger partial charge in [-0.3, -0.25) is 9.48 Å². The summed E-state index contributed by atoms with van der Waals surface area (Å²) in [7, 11) is 1.84. The lowest BCUT2D eigenvalue weighted by atomic mass is 9.99. The summed E-state index contributed by atoms with van der Waals surface area (Å²) in [5, 5.41) is 4.47. The van der Waals surface area contributed by atoms with Gasteiger partial charge in [0.2, 0.25) is 0 Å². The van der Waals surface area contributed by atoms with E-state index in [1.54, 1.807) is 10.9 Å². The molecule has 3 aromatic rings. The summed E-state index contributed by atoms with van der Waals surface area (Å²) in [4.78, 5) is 12.8. The van der Waals surface area contributed by atoms with E-state index < -0.39 is 0 Å². The largest absolute Gasteiger partial charge is 0.288 e. The van der Waals surface area contributed by atoms with Gasteiger partial charge in [-0.2, -0.15) is 5.10 Å². The predicted molar refractivity (Wildman–Crippen MR) is 88.0 cm³/mol. The van der Waals surface area contributed by atoms with Crippen LogP contribution in [0, 0.1) is 13.8 Å². The minimum atomic E-state index is 0.00340. The van der Waals surface area contributed by atoms with Crippen LogP contribution in [0.15, 0.2) is 54.7 Å². The van der Waals surface area contributed by atoms with Gasteiger partial charge >= 0.3 is 0 Å². The number of benzene rings is 2. The first-order chi connectivity index (χ1) is 10.5. The second-order valence-corrected chi connectivity index (χ2v) is 5.63. The van der Waals surface area contributed by atoms with Crippen LogP contribution in [0.3, 0.4) is 0 Å². The SMILES string of the molecule is Cc1ccc(C(=O)c2cn(C)nc2-c2ccc(C)cc2)cc1. The number of hydrogen-bond acceptors (Lipinski definition) is 2. The van der Waals surface area contributed by atoms with Crippen molar-refractivity contribution in [3.05, 3.63) is 77.0 Å². The van der Waals surface area contributed by atoms with Crippen LogP contribution >= 0.6 is 0 Å². The molecule has 110 valence electrons. The maximum atomic E-state index is 12.8. The number of carbonyl (C=O) groups excluding carboxylic acids is 1. The number of aryl methyl sites for hydroxylation is 3. The third kappa shape index (κ3) is 2.70. The van der Waals surface area contributed by atoms with Crippen molar-refractivity contribution in [1.82, 2.24) is 9.78 Å². The van der Waals surface area contributed by atoms with E-state index in [1.165, 1.54) is 5.56 Å². The summed E-state index contributed by atoms with van der Waals surface area (Å²) in [6.45, 7) is 4.05. The summed E-state index contributed by atoms with van der Waals surface area (Å²) in [5.41, 5.74) is 5.34. The first-order valence-corrected chi connectivity index (χ1v) is 7.26. The molecule has 0 unspecified atom stereocenters. The maximum absolute atomic E-state index is 12.8. The maximum Gasteiger partial charge on any atom is 0.196 e. The standard InChI is InChI=1S/C19H18N2O/c1-13-4-8-15(9-5-13)18-17(12-21(3)20-18)19(22)16-10-6-14(2)7-11-16/h4-12H,1-3H3. The molecular weight excluding hydrogens is 272 g/mol. The number of ketones is 1. The first kappa shape index (κ1) is 14.3. The van der Waals surface area contributed by atoms with Gasteiger partial charge in [-0.05, 0) is 13.8 Å². The van der Waals surface area contributed by atoms with Crippen molar-refractivity contribution in [2.75, 3.05) is 0 Å². The minimum Gasteiger partial charge on any atom is -0.288 e. The Labute approximate surface area is 130 Å². The Kier molecular flexibility index (Phi) is 3.63. The van der Waals surface area contributed by atoms with Crippen molar-refractivity contribution in [1.29, 1.82) is 0 Å². The zero-order valence-electron chi connectivity index (χ0n) is 13.0. The lowest BCUT2D eigenvalue weighted by Gasteiger charge is -2.03. The lowest BCUT2D eigenvalue weighted by molar-refractivity contribution is 0.103. The minimum absolute atomic E-state index is 0.00340. The highest BCUT2D eigenvalue weighted by Gasteiger charge is 2.18. The molecule has 0 radical (unpaired) electrons. The average Bonchev–Trinajstić information content (AvgIpc) is 2.90. The molecule has 3 nitrogen and oxygen atoms in total. The zero-order chi connectivity index (χ0) is 15.7. The molecule has 2 aromatic carbocycles. The summed E-state index contributed by atoms with van der Waals surface area (Å²) < 4.78 is 1.69. The number of carbonyl (C=O) groups is 1. The number of nitrogens with zero attached hydrogens (tertiary/aromatic N) is 2. The predicted octanol–water partition coefficient (Wildman–Crippen LogP) is 3.93. The van der Waals surface area contributed by atoms with E-state index in [4.69, 9.17) is 0 Å². The molecule has 0 spiro atoms. The molecule has 0 aliphatic rings. The molecular formula is C19H18N2O. The van der Waals surface area contributed by atoms with E-state index in [1.807, 2.05) is 69.4 Å². The number of aromatic nitrogens is 2. The molecule has 0 atom stereocenters. The second kappa shape index (κ2) is 5.60. The van der Waals surface area contributed by atoms with Crippen molar-refractivity contribution >= 4 is 5.78 Å². The molecule has 0 aliphatic carbocycles. The third-order valence-electron chi connectivity index (χ3n) is 3.71. The van der Waals surface area contributed by atoms with Gasteiger partial charge in [0.15, 0.2) is 5.78 Å². The molecule has 0 bridgehead atoms. The lowest BCUT2D eigenvalue weighted by Crippen LogP contribution is -2.02. The molecule has 0 saturated heterocycles. The fourth-order valence-electron chi connectivity index (χ4n) is 2.44. The molecule has 1 aromatic heterocycles. The van der Waals surface area contributed by atoms with Crippen LogP contribution in [0.5, 0.6) is 0 Å². The topological polar surface area (TPSA) is 34.9 Å². The van der Waals surface area contributed by atoms with Gasteiger partial charge < -0.3 is 0 Å². The molecule has 3 rings (SSSR count). The van der Waals surface area contributed by atoms with Crippen LogP contribution in [0.1, 0.15) is 27.0 Å². The van der Waals surface area contributed by atoms with E-state index in [2.05, 4.69) is 5.10 Å². The van der Waals surface area contributed by atoms with Gasteiger partial charge in [0, 0.05) is 24.4 Å². The van der Waals surface area contributed by atoms with Crippen LogP contribution in [0.25, 0.3) is 11.3 Å². The molecule has 3 heteroatoms. The Morgan fingerprint density at radius 2 is 1.45 bits per heavy atom. The molecule has 0 fully saturated rings. The Hall–Kier alpha value is -2.68. The van der Waals surface area contributed by atoms with Crippen molar-refractivity contribution in [2.24, 2.45) is 7.05 Å². The molecule has 0 saturated carbocycles. The summed E-state index contributed by atoms with van der Waals surface area (Å²) in [5.74, 6) is 0.00340. The van der Waals surface area contributed by atoms with Gasteiger partial charge in [-0.1, -0.05) is 59.7 Å². The van der Waals surface area contributed by atoms with Crippen LogP contribution < -0.4 is 0 Å². The highest BCUT2D eigenvalue weighted by atomic mass is 16.1. The van der Waals surface area contributed by atoms with Crippen LogP contribution in [-0.4, -0.2) is 15.6 Å². The Bertz CT molecular complexity index is 812. The van der Waals surface area contributed by atoms with Crippen molar-refractivity contribution < 1.29 is 4.79 Å². The number of rotatable bonds is 3. The Morgan fingerprint density at radius 1 is 0.909 bits per heavy atom. The monoisotopic (exact) mass is 290 g/mol. The average molecular weight is 290 g/mol. The van der Waals surface area contributed by atoms with Crippen molar-refractivity contribution in [2.45, 2.75) is 13.8 Å². The van der Waals surface area contributed by atoms with Gasteiger partial charge in [0.05, 0.1) is 5.56 Å².